The third-order valence-corrected chi connectivity index (χ3v) is 4.19. The van der Waals surface area contributed by atoms with Crippen LogP contribution < -0.4 is 5.32 Å². The summed E-state index contributed by atoms with van der Waals surface area (Å²) in [5.41, 5.74) is 2.32. The second-order valence-corrected chi connectivity index (χ2v) is 5.45. The summed E-state index contributed by atoms with van der Waals surface area (Å²) in [5.74, 6) is -0.420. The monoisotopic (exact) mass is 342 g/mol. The molecule has 0 amide bonds. The van der Waals surface area contributed by atoms with E-state index in [1.54, 1.807) is 25.4 Å². The van der Waals surface area contributed by atoms with E-state index in [2.05, 4.69) is 26.2 Å². The quantitative estimate of drug-likeness (QED) is 0.843. The number of rotatable bonds is 3. The van der Waals surface area contributed by atoms with Crippen LogP contribution in [0.4, 0.5) is 4.39 Å². The molecule has 0 aliphatic heterocycles. The number of aryl methyl sites for hydroxylation is 1. The lowest BCUT2D eigenvalue weighted by atomic mass is 9.99. The molecule has 0 fully saturated rings. The highest BCUT2D eigenvalue weighted by Crippen LogP contribution is 2.32. The minimum absolute atomic E-state index is 0.0952. The van der Waals surface area contributed by atoms with Gasteiger partial charge in [0.25, 0.3) is 0 Å². The van der Waals surface area contributed by atoms with Crippen LogP contribution in [0.25, 0.3) is 0 Å². The largest absolute Gasteiger partial charge is 0.309 e. The molecule has 5 heteroatoms. The maximum Gasteiger partial charge on any atom is 0.148 e. The van der Waals surface area contributed by atoms with E-state index < -0.39 is 5.82 Å². The number of halogens is 3. The van der Waals surface area contributed by atoms with Crippen molar-refractivity contribution < 1.29 is 4.39 Å². The number of pyridine rings is 1. The van der Waals surface area contributed by atoms with Crippen molar-refractivity contribution in [2.45, 2.75) is 13.0 Å². The molecule has 2 aromatic rings. The van der Waals surface area contributed by atoms with Crippen molar-refractivity contribution in [3.63, 3.8) is 0 Å². The third-order valence-electron chi connectivity index (χ3n) is 2.93. The van der Waals surface area contributed by atoms with Crippen LogP contribution in [0.2, 0.25) is 5.02 Å². The number of benzene rings is 1. The Morgan fingerprint density at radius 3 is 2.63 bits per heavy atom. The first-order chi connectivity index (χ1) is 9.04. The average molecular weight is 344 g/mol. The summed E-state index contributed by atoms with van der Waals surface area (Å²) in [4.78, 5) is 4.24. The lowest BCUT2D eigenvalue weighted by Gasteiger charge is -2.18. The molecular weight excluding hydrogens is 331 g/mol. The SMILES string of the molecule is CNC(c1ccc(C)nc1)c1ccc(Br)c(Cl)c1F. The molecule has 0 saturated heterocycles. The van der Waals surface area contributed by atoms with Gasteiger partial charge in [0.1, 0.15) is 5.82 Å². The molecule has 0 aliphatic rings. The second kappa shape index (κ2) is 5.99. The van der Waals surface area contributed by atoms with Gasteiger partial charge in [0.2, 0.25) is 0 Å². The number of nitrogens with one attached hydrogen (secondary N) is 1. The standard InChI is InChI=1S/C14H13BrClFN2/c1-8-3-4-9(7-19-8)14(18-2)10-5-6-11(15)12(16)13(10)17/h3-7,14,18H,1-2H3. The Morgan fingerprint density at radius 2 is 2.05 bits per heavy atom. The van der Waals surface area contributed by atoms with Gasteiger partial charge in [-0.15, -0.1) is 0 Å². The predicted octanol–water partition coefficient (Wildman–Crippen LogP) is 4.25. The van der Waals surface area contributed by atoms with Crippen LogP contribution in [0.1, 0.15) is 22.9 Å². The predicted molar refractivity (Wildman–Crippen MR) is 79.0 cm³/mol. The molecule has 0 aliphatic carbocycles. The van der Waals surface area contributed by atoms with Crippen LogP contribution in [0.5, 0.6) is 0 Å². The maximum absolute atomic E-state index is 14.2. The van der Waals surface area contributed by atoms with Gasteiger partial charge in [-0.3, -0.25) is 4.98 Å². The molecule has 1 N–H and O–H groups in total. The fraction of sp³-hybridized carbons (Fsp3) is 0.214. The first-order valence-corrected chi connectivity index (χ1v) is 6.95. The fourth-order valence-corrected chi connectivity index (χ4v) is 2.39. The van der Waals surface area contributed by atoms with Crippen LogP contribution in [-0.4, -0.2) is 12.0 Å². The lowest BCUT2D eigenvalue weighted by Crippen LogP contribution is -2.19. The van der Waals surface area contributed by atoms with Crippen molar-refractivity contribution in [3.8, 4) is 0 Å². The number of nitrogens with zero attached hydrogens (tertiary/aromatic N) is 1. The third kappa shape index (κ3) is 2.96. The van der Waals surface area contributed by atoms with Crippen molar-refractivity contribution in [1.29, 1.82) is 0 Å². The second-order valence-electron chi connectivity index (χ2n) is 4.22. The summed E-state index contributed by atoms with van der Waals surface area (Å²) >= 11 is 9.14. The first kappa shape index (κ1) is 14.4. The Kier molecular flexibility index (Phi) is 4.55. The smallest absolute Gasteiger partial charge is 0.148 e. The molecule has 2 rings (SSSR count). The maximum atomic E-state index is 14.2. The van der Waals surface area contributed by atoms with Crippen LogP contribution in [0.3, 0.4) is 0 Å². The van der Waals surface area contributed by atoms with Gasteiger partial charge in [-0.1, -0.05) is 23.7 Å². The molecule has 1 atom stereocenters. The zero-order valence-corrected chi connectivity index (χ0v) is 12.9. The summed E-state index contributed by atoms with van der Waals surface area (Å²) in [6.45, 7) is 1.91. The number of hydrogen-bond donors (Lipinski definition) is 1. The van der Waals surface area contributed by atoms with Gasteiger partial charge in [-0.2, -0.15) is 0 Å². The lowest BCUT2D eigenvalue weighted by molar-refractivity contribution is 0.575. The van der Waals surface area contributed by atoms with Crippen LogP contribution in [0.15, 0.2) is 34.9 Å². The highest BCUT2D eigenvalue weighted by atomic mass is 79.9. The summed E-state index contributed by atoms with van der Waals surface area (Å²) in [7, 11) is 1.78. The Balaban J connectivity index is 2.48. The molecule has 0 bridgehead atoms. The first-order valence-electron chi connectivity index (χ1n) is 5.77. The van der Waals surface area contributed by atoms with Gasteiger partial charge in [-0.25, -0.2) is 4.39 Å². The molecule has 100 valence electrons. The highest BCUT2D eigenvalue weighted by molar-refractivity contribution is 9.10. The molecule has 19 heavy (non-hydrogen) atoms. The van der Waals surface area contributed by atoms with E-state index in [9.17, 15) is 4.39 Å². The topological polar surface area (TPSA) is 24.9 Å². The average Bonchev–Trinajstić information content (AvgIpc) is 2.41. The Hall–Kier alpha value is -0.970. The van der Waals surface area contributed by atoms with E-state index in [4.69, 9.17) is 11.6 Å². The Morgan fingerprint density at radius 1 is 1.32 bits per heavy atom. The van der Waals surface area contributed by atoms with E-state index in [1.165, 1.54) is 0 Å². The summed E-state index contributed by atoms with van der Waals surface area (Å²) in [6.07, 6.45) is 1.74. The molecule has 0 radical (unpaired) electrons. The minimum Gasteiger partial charge on any atom is -0.309 e. The summed E-state index contributed by atoms with van der Waals surface area (Å²) < 4.78 is 14.8. The number of hydrogen-bond acceptors (Lipinski definition) is 2. The highest BCUT2D eigenvalue weighted by Gasteiger charge is 2.19. The van der Waals surface area contributed by atoms with Crippen molar-refractivity contribution >= 4 is 27.5 Å². The van der Waals surface area contributed by atoms with Crippen molar-refractivity contribution in [2.24, 2.45) is 0 Å². The van der Waals surface area contributed by atoms with Crippen LogP contribution in [-0.2, 0) is 0 Å². The van der Waals surface area contributed by atoms with Gasteiger partial charge >= 0.3 is 0 Å². The van der Waals surface area contributed by atoms with Gasteiger partial charge in [0, 0.05) is 21.9 Å². The van der Waals surface area contributed by atoms with Gasteiger partial charge < -0.3 is 5.32 Å². The molecule has 0 spiro atoms. The molecule has 1 aromatic heterocycles. The van der Waals surface area contributed by atoms with E-state index in [0.717, 1.165) is 11.3 Å². The van der Waals surface area contributed by atoms with E-state index in [1.807, 2.05) is 19.1 Å². The van der Waals surface area contributed by atoms with Crippen LogP contribution in [0, 0.1) is 12.7 Å². The molecule has 1 unspecified atom stereocenters. The molecule has 1 aromatic carbocycles. The summed E-state index contributed by atoms with van der Waals surface area (Å²) in [6, 6.07) is 7.01. The van der Waals surface area contributed by atoms with Gasteiger partial charge in [0.05, 0.1) is 11.1 Å². The van der Waals surface area contributed by atoms with Crippen molar-refractivity contribution in [2.75, 3.05) is 7.05 Å². The van der Waals surface area contributed by atoms with E-state index in [0.29, 0.717) is 10.0 Å². The molecule has 2 nitrogen and oxygen atoms in total. The Bertz CT molecular complexity index is 587. The molecule has 1 heterocycles. The van der Waals surface area contributed by atoms with E-state index in [-0.39, 0.29) is 11.1 Å². The van der Waals surface area contributed by atoms with Crippen LogP contribution >= 0.6 is 27.5 Å². The normalized spacial score (nSPS) is 12.5. The zero-order valence-electron chi connectivity index (χ0n) is 10.5. The van der Waals surface area contributed by atoms with Gasteiger partial charge in [0.15, 0.2) is 0 Å². The fourth-order valence-electron chi connectivity index (χ4n) is 1.92. The van der Waals surface area contributed by atoms with Crippen molar-refractivity contribution in [1.82, 2.24) is 10.3 Å². The van der Waals surface area contributed by atoms with Gasteiger partial charge in [-0.05, 0) is 47.6 Å². The molecule has 0 saturated carbocycles. The number of aromatic nitrogens is 1. The Labute approximate surface area is 125 Å². The summed E-state index contributed by atoms with van der Waals surface area (Å²) in [5, 5.41) is 3.18. The minimum atomic E-state index is -0.420. The molecular formula is C14H13BrClFN2. The zero-order chi connectivity index (χ0) is 14.0. The van der Waals surface area contributed by atoms with E-state index >= 15 is 0 Å². The van der Waals surface area contributed by atoms with Crippen molar-refractivity contribution in [3.05, 3.63) is 62.6 Å².